The summed E-state index contributed by atoms with van der Waals surface area (Å²) >= 11 is 0. The summed E-state index contributed by atoms with van der Waals surface area (Å²) in [6.45, 7) is 14.4. The number of ether oxygens (including phenoxy) is 1. The second kappa shape index (κ2) is 11.2. The Morgan fingerprint density at radius 2 is 1.75 bits per heavy atom. The molecule has 1 atom stereocenters. The van der Waals surface area contributed by atoms with Crippen LogP contribution in [0, 0.1) is 6.92 Å². The minimum atomic E-state index is -0.563. The molecule has 0 radical (unpaired) electrons. The summed E-state index contributed by atoms with van der Waals surface area (Å²) in [4.78, 5) is 27.9. The van der Waals surface area contributed by atoms with Gasteiger partial charge in [0.2, 0.25) is 5.91 Å². The lowest BCUT2D eigenvalue weighted by atomic mass is 9.86. The summed E-state index contributed by atoms with van der Waals surface area (Å²) in [6, 6.07) is 15.3. The van der Waals surface area contributed by atoms with Crippen LogP contribution >= 0.6 is 0 Å². The number of aryl methyl sites for hydroxylation is 1. The van der Waals surface area contributed by atoms with E-state index in [9.17, 15) is 9.59 Å². The highest BCUT2D eigenvalue weighted by Crippen LogP contribution is 2.31. The van der Waals surface area contributed by atoms with Gasteiger partial charge in [-0.1, -0.05) is 75.7 Å². The van der Waals surface area contributed by atoms with Gasteiger partial charge in [0.1, 0.15) is 11.8 Å². The van der Waals surface area contributed by atoms with Crippen LogP contribution in [0.2, 0.25) is 0 Å². The minimum Gasteiger partial charge on any atom is -0.483 e. The predicted molar refractivity (Wildman–Crippen MR) is 130 cm³/mol. The van der Waals surface area contributed by atoms with Gasteiger partial charge in [-0.3, -0.25) is 9.59 Å². The van der Waals surface area contributed by atoms with E-state index in [1.54, 1.807) is 4.90 Å². The van der Waals surface area contributed by atoms with Gasteiger partial charge in [0.05, 0.1) is 0 Å². The largest absolute Gasteiger partial charge is 0.483 e. The van der Waals surface area contributed by atoms with Crippen molar-refractivity contribution in [3.63, 3.8) is 0 Å². The second-order valence-corrected chi connectivity index (χ2v) is 9.63. The molecular formula is C27H38N2O3. The molecule has 0 heterocycles. The summed E-state index contributed by atoms with van der Waals surface area (Å²) in [5.74, 6) is 0.350. The number of nitrogens with zero attached hydrogens (tertiary/aromatic N) is 1. The van der Waals surface area contributed by atoms with Crippen LogP contribution in [0.25, 0.3) is 0 Å². The van der Waals surface area contributed by atoms with Crippen molar-refractivity contribution in [3.05, 3.63) is 65.2 Å². The molecule has 32 heavy (non-hydrogen) atoms. The van der Waals surface area contributed by atoms with E-state index in [0.29, 0.717) is 18.7 Å². The van der Waals surface area contributed by atoms with Crippen LogP contribution in [-0.2, 0) is 21.5 Å². The van der Waals surface area contributed by atoms with Gasteiger partial charge in [-0.25, -0.2) is 0 Å². The first-order valence-electron chi connectivity index (χ1n) is 11.4. The van der Waals surface area contributed by atoms with Crippen LogP contribution in [0.5, 0.6) is 5.75 Å². The lowest BCUT2D eigenvalue weighted by Crippen LogP contribution is -2.51. The molecule has 2 aromatic carbocycles. The summed E-state index contributed by atoms with van der Waals surface area (Å²) in [7, 11) is 0. The molecule has 2 amide bonds. The quantitative estimate of drug-likeness (QED) is 0.599. The molecule has 0 aliphatic carbocycles. The highest BCUT2D eigenvalue weighted by atomic mass is 16.5. The molecule has 0 spiro atoms. The summed E-state index contributed by atoms with van der Waals surface area (Å²) < 4.78 is 6.00. The fourth-order valence-corrected chi connectivity index (χ4v) is 3.74. The summed E-state index contributed by atoms with van der Waals surface area (Å²) in [6.07, 6.45) is 0.523. The lowest BCUT2D eigenvalue weighted by Gasteiger charge is -2.31. The Balaban J connectivity index is 2.28. The lowest BCUT2D eigenvalue weighted by molar-refractivity contribution is -0.143. The highest BCUT2D eigenvalue weighted by molar-refractivity contribution is 5.88. The molecule has 0 fully saturated rings. The average molecular weight is 439 g/mol. The molecule has 0 saturated heterocycles. The third kappa shape index (κ3) is 7.11. The average Bonchev–Trinajstić information content (AvgIpc) is 2.71. The Morgan fingerprint density at radius 3 is 2.34 bits per heavy atom. The van der Waals surface area contributed by atoms with E-state index in [-0.39, 0.29) is 29.9 Å². The van der Waals surface area contributed by atoms with Crippen molar-refractivity contribution < 1.29 is 14.3 Å². The first-order valence-corrected chi connectivity index (χ1v) is 11.4. The molecule has 0 aliphatic heterocycles. The Hall–Kier alpha value is -2.82. The summed E-state index contributed by atoms with van der Waals surface area (Å²) in [5.41, 5.74) is 3.04. The molecule has 0 saturated carbocycles. The smallest absolute Gasteiger partial charge is 0.261 e. The molecule has 2 rings (SSSR count). The van der Waals surface area contributed by atoms with Crippen molar-refractivity contribution in [1.29, 1.82) is 0 Å². The van der Waals surface area contributed by atoms with E-state index in [2.05, 4.69) is 26.1 Å². The fraction of sp³-hybridized carbons (Fsp3) is 0.481. The van der Waals surface area contributed by atoms with E-state index in [0.717, 1.165) is 16.7 Å². The van der Waals surface area contributed by atoms with Crippen LogP contribution in [0.15, 0.2) is 48.5 Å². The maximum Gasteiger partial charge on any atom is 0.261 e. The number of hydrogen-bond acceptors (Lipinski definition) is 3. The van der Waals surface area contributed by atoms with Crippen LogP contribution in [0.1, 0.15) is 64.7 Å². The zero-order valence-electron chi connectivity index (χ0n) is 20.6. The standard InChI is InChI=1S/C27H38N2O3/c1-8-23(26(31)28-19(2)3)29(17-21-13-11-12-20(4)16-21)25(30)18-32-24-15-10-9-14-22(24)27(5,6)7/h9-16,19,23H,8,17-18H2,1-7H3,(H,28,31)/t23-/m1/s1. The number of nitrogens with one attached hydrogen (secondary N) is 1. The molecule has 5 nitrogen and oxygen atoms in total. The number of para-hydroxylation sites is 1. The Bertz CT molecular complexity index is 915. The van der Waals surface area contributed by atoms with E-state index >= 15 is 0 Å². The Morgan fingerprint density at radius 1 is 1.06 bits per heavy atom. The number of carbonyl (C=O) groups excluding carboxylic acids is 2. The zero-order chi connectivity index (χ0) is 23.9. The SMILES string of the molecule is CC[C@H](C(=O)NC(C)C)N(Cc1cccc(C)c1)C(=O)COc1ccccc1C(C)(C)C. The Kier molecular flexibility index (Phi) is 8.88. The molecular weight excluding hydrogens is 400 g/mol. The molecule has 0 unspecified atom stereocenters. The van der Waals surface area contributed by atoms with Crippen molar-refractivity contribution in [1.82, 2.24) is 10.2 Å². The molecule has 0 aliphatic rings. The topological polar surface area (TPSA) is 58.6 Å². The highest BCUT2D eigenvalue weighted by Gasteiger charge is 2.29. The van der Waals surface area contributed by atoms with Gasteiger partial charge in [0.25, 0.3) is 5.91 Å². The van der Waals surface area contributed by atoms with Crippen LogP contribution < -0.4 is 10.1 Å². The van der Waals surface area contributed by atoms with Gasteiger partial charge in [-0.15, -0.1) is 0 Å². The maximum absolute atomic E-state index is 13.4. The number of hydrogen-bond donors (Lipinski definition) is 1. The van der Waals surface area contributed by atoms with Gasteiger partial charge < -0.3 is 15.0 Å². The van der Waals surface area contributed by atoms with Crippen molar-refractivity contribution in [2.24, 2.45) is 0 Å². The number of amides is 2. The van der Waals surface area contributed by atoms with Gasteiger partial charge in [-0.2, -0.15) is 0 Å². The van der Waals surface area contributed by atoms with Crippen LogP contribution in [0.4, 0.5) is 0 Å². The Labute approximate surface area is 193 Å². The van der Waals surface area contributed by atoms with Crippen molar-refractivity contribution in [3.8, 4) is 5.75 Å². The minimum absolute atomic E-state index is 0.00221. The van der Waals surface area contributed by atoms with Crippen molar-refractivity contribution >= 4 is 11.8 Å². The fourth-order valence-electron chi connectivity index (χ4n) is 3.74. The van der Waals surface area contributed by atoms with Crippen molar-refractivity contribution in [2.75, 3.05) is 6.61 Å². The van der Waals surface area contributed by atoms with Gasteiger partial charge in [0.15, 0.2) is 6.61 Å². The van der Waals surface area contributed by atoms with E-state index in [1.807, 2.05) is 76.2 Å². The van der Waals surface area contributed by atoms with E-state index < -0.39 is 6.04 Å². The molecule has 0 bridgehead atoms. The predicted octanol–water partition coefficient (Wildman–Crippen LogP) is 5.00. The first-order chi connectivity index (χ1) is 15.0. The number of carbonyl (C=O) groups is 2. The monoisotopic (exact) mass is 438 g/mol. The second-order valence-electron chi connectivity index (χ2n) is 9.63. The third-order valence-corrected chi connectivity index (χ3v) is 5.30. The maximum atomic E-state index is 13.4. The molecule has 5 heteroatoms. The van der Waals surface area contributed by atoms with Crippen LogP contribution in [-0.4, -0.2) is 35.4 Å². The summed E-state index contributed by atoms with van der Waals surface area (Å²) in [5, 5.41) is 2.96. The molecule has 2 aromatic rings. The molecule has 1 N–H and O–H groups in total. The third-order valence-electron chi connectivity index (χ3n) is 5.30. The van der Waals surface area contributed by atoms with E-state index in [1.165, 1.54) is 0 Å². The molecule has 0 aromatic heterocycles. The normalized spacial score (nSPS) is 12.4. The molecule has 174 valence electrons. The van der Waals surface area contributed by atoms with Gasteiger partial charge >= 0.3 is 0 Å². The van der Waals surface area contributed by atoms with Gasteiger partial charge in [0, 0.05) is 12.6 Å². The first kappa shape index (κ1) is 25.4. The van der Waals surface area contributed by atoms with Gasteiger partial charge in [-0.05, 0) is 49.8 Å². The number of rotatable bonds is 9. The van der Waals surface area contributed by atoms with Crippen molar-refractivity contribution in [2.45, 2.75) is 78.9 Å². The van der Waals surface area contributed by atoms with E-state index in [4.69, 9.17) is 4.74 Å². The zero-order valence-corrected chi connectivity index (χ0v) is 20.6. The van der Waals surface area contributed by atoms with Crippen LogP contribution in [0.3, 0.4) is 0 Å². The number of benzene rings is 2.